The molecule has 1 aromatic rings. The third kappa shape index (κ3) is 2.07. The standard InChI is InChI=1S/C6H7IN2O2S/c1-2-11-6(10)4-5(9-7)12-3-8-4/h3,9H,2H2,1H3. The Morgan fingerprint density at radius 2 is 2.67 bits per heavy atom. The molecule has 12 heavy (non-hydrogen) atoms. The predicted molar refractivity (Wildman–Crippen MR) is 55.7 cm³/mol. The van der Waals surface area contributed by atoms with Gasteiger partial charge in [-0.25, -0.2) is 9.78 Å². The Labute approximate surface area is 87.8 Å². The third-order valence-electron chi connectivity index (χ3n) is 1.12. The Hall–Kier alpha value is -0.370. The van der Waals surface area contributed by atoms with E-state index in [1.165, 1.54) is 11.3 Å². The summed E-state index contributed by atoms with van der Waals surface area (Å²) >= 11 is 3.32. The average Bonchev–Trinajstić information content (AvgIpc) is 2.51. The summed E-state index contributed by atoms with van der Waals surface area (Å²) in [5.74, 6) is -0.377. The molecule has 66 valence electrons. The zero-order valence-corrected chi connectivity index (χ0v) is 9.31. The van der Waals surface area contributed by atoms with Crippen LogP contribution in [0.4, 0.5) is 5.00 Å². The molecule has 0 aliphatic carbocycles. The van der Waals surface area contributed by atoms with E-state index in [0.717, 1.165) is 5.00 Å². The molecule has 0 unspecified atom stereocenters. The average molecular weight is 298 g/mol. The second-order valence-electron chi connectivity index (χ2n) is 1.85. The quantitative estimate of drug-likeness (QED) is 0.527. The molecule has 0 aliphatic heterocycles. The van der Waals surface area contributed by atoms with E-state index in [1.54, 1.807) is 12.4 Å². The van der Waals surface area contributed by atoms with E-state index < -0.39 is 0 Å². The molecular weight excluding hydrogens is 291 g/mol. The number of ether oxygens (including phenoxy) is 1. The van der Waals surface area contributed by atoms with Crippen molar-refractivity contribution in [2.45, 2.75) is 6.92 Å². The Bertz CT molecular complexity index is 276. The van der Waals surface area contributed by atoms with Crippen molar-refractivity contribution in [3.8, 4) is 0 Å². The van der Waals surface area contributed by atoms with Gasteiger partial charge in [-0.15, -0.1) is 11.3 Å². The molecule has 0 amide bonds. The Balaban J connectivity index is 2.79. The van der Waals surface area contributed by atoms with Crippen LogP contribution in [0.2, 0.25) is 0 Å². The largest absolute Gasteiger partial charge is 0.461 e. The van der Waals surface area contributed by atoms with Crippen molar-refractivity contribution in [2.75, 3.05) is 10.1 Å². The highest BCUT2D eigenvalue weighted by Gasteiger charge is 2.14. The zero-order valence-electron chi connectivity index (χ0n) is 6.33. The molecule has 0 bridgehead atoms. The summed E-state index contributed by atoms with van der Waals surface area (Å²) in [6.07, 6.45) is 0. The lowest BCUT2D eigenvalue weighted by atomic mass is 10.5. The first kappa shape index (κ1) is 9.72. The van der Waals surface area contributed by atoms with Gasteiger partial charge >= 0.3 is 5.97 Å². The fourth-order valence-electron chi connectivity index (χ4n) is 0.658. The number of hydrogen-bond donors (Lipinski definition) is 1. The first-order valence-corrected chi connectivity index (χ1v) is 5.22. The van der Waals surface area contributed by atoms with Crippen molar-refractivity contribution >= 4 is 45.2 Å². The van der Waals surface area contributed by atoms with Gasteiger partial charge in [0.2, 0.25) is 0 Å². The molecule has 0 saturated carbocycles. The second kappa shape index (κ2) is 4.61. The summed E-state index contributed by atoms with van der Waals surface area (Å²) in [6.45, 7) is 2.14. The minimum Gasteiger partial charge on any atom is -0.461 e. The van der Waals surface area contributed by atoms with Crippen LogP contribution in [0.3, 0.4) is 0 Å². The maximum absolute atomic E-state index is 11.2. The number of esters is 1. The van der Waals surface area contributed by atoms with Crippen molar-refractivity contribution in [1.82, 2.24) is 4.98 Å². The van der Waals surface area contributed by atoms with Gasteiger partial charge in [0.15, 0.2) is 5.69 Å². The molecule has 1 heterocycles. The number of aromatic nitrogens is 1. The van der Waals surface area contributed by atoms with Crippen LogP contribution in [-0.4, -0.2) is 17.6 Å². The van der Waals surface area contributed by atoms with Crippen molar-refractivity contribution in [3.63, 3.8) is 0 Å². The Morgan fingerprint density at radius 1 is 1.92 bits per heavy atom. The van der Waals surface area contributed by atoms with Gasteiger partial charge in [0, 0.05) is 0 Å². The van der Waals surface area contributed by atoms with E-state index in [-0.39, 0.29) is 5.97 Å². The highest BCUT2D eigenvalue weighted by Crippen LogP contribution is 2.22. The maximum Gasteiger partial charge on any atom is 0.360 e. The van der Waals surface area contributed by atoms with Crippen molar-refractivity contribution in [3.05, 3.63) is 11.2 Å². The van der Waals surface area contributed by atoms with E-state index >= 15 is 0 Å². The lowest BCUT2D eigenvalue weighted by molar-refractivity contribution is 0.0521. The van der Waals surface area contributed by atoms with Gasteiger partial charge in [0.05, 0.1) is 35.0 Å². The smallest absolute Gasteiger partial charge is 0.360 e. The number of carbonyl (C=O) groups is 1. The van der Waals surface area contributed by atoms with E-state index in [9.17, 15) is 4.79 Å². The summed E-state index contributed by atoms with van der Waals surface area (Å²) in [6, 6.07) is 0. The Morgan fingerprint density at radius 3 is 3.25 bits per heavy atom. The van der Waals surface area contributed by atoms with Gasteiger partial charge in [0.1, 0.15) is 5.00 Å². The SMILES string of the molecule is CCOC(=O)c1ncsc1NI. The minimum absolute atomic E-state index is 0.358. The first-order valence-electron chi connectivity index (χ1n) is 3.26. The summed E-state index contributed by atoms with van der Waals surface area (Å²) in [5.41, 5.74) is 1.96. The number of nitrogens with zero attached hydrogens (tertiary/aromatic N) is 1. The van der Waals surface area contributed by atoms with Crippen LogP contribution in [0.15, 0.2) is 5.51 Å². The fraction of sp³-hybridized carbons (Fsp3) is 0.333. The lowest BCUT2D eigenvalue weighted by Gasteiger charge is -1.99. The van der Waals surface area contributed by atoms with Gasteiger partial charge < -0.3 is 8.27 Å². The number of rotatable bonds is 3. The molecule has 0 atom stereocenters. The molecule has 0 saturated heterocycles. The maximum atomic E-state index is 11.2. The number of hydrogen-bond acceptors (Lipinski definition) is 5. The number of anilines is 1. The molecule has 0 fully saturated rings. The highest BCUT2D eigenvalue weighted by molar-refractivity contribution is 14.1. The van der Waals surface area contributed by atoms with Crippen LogP contribution >= 0.6 is 34.2 Å². The van der Waals surface area contributed by atoms with Gasteiger partial charge in [-0.2, -0.15) is 0 Å². The van der Waals surface area contributed by atoms with E-state index in [0.29, 0.717) is 12.3 Å². The molecule has 1 rings (SSSR count). The number of carbonyl (C=O) groups excluding carboxylic acids is 1. The second-order valence-corrected chi connectivity index (χ2v) is 3.24. The predicted octanol–water partition coefficient (Wildman–Crippen LogP) is 2.08. The molecule has 0 aliphatic rings. The van der Waals surface area contributed by atoms with Crippen molar-refractivity contribution in [1.29, 1.82) is 0 Å². The minimum atomic E-state index is -0.377. The third-order valence-corrected chi connectivity index (χ3v) is 2.77. The van der Waals surface area contributed by atoms with Crippen LogP contribution in [0.1, 0.15) is 17.4 Å². The molecule has 0 spiro atoms. The molecule has 1 aromatic heterocycles. The van der Waals surface area contributed by atoms with E-state index in [1.807, 2.05) is 22.9 Å². The highest BCUT2D eigenvalue weighted by atomic mass is 127. The Kier molecular flexibility index (Phi) is 3.73. The molecule has 4 nitrogen and oxygen atoms in total. The number of halogens is 1. The van der Waals surface area contributed by atoms with E-state index in [2.05, 4.69) is 8.51 Å². The molecule has 1 N–H and O–H groups in total. The number of nitrogens with one attached hydrogen (secondary N) is 1. The molecule has 0 radical (unpaired) electrons. The van der Waals surface area contributed by atoms with Crippen molar-refractivity contribution < 1.29 is 9.53 Å². The van der Waals surface area contributed by atoms with Gasteiger partial charge in [-0.05, 0) is 6.92 Å². The van der Waals surface area contributed by atoms with Crippen LogP contribution in [0, 0.1) is 0 Å². The summed E-state index contributed by atoms with van der Waals surface area (Å²) in [4.78, 5) is 15.0. The molecular formula is C6H7IN2O2S. The van der Waals surface area contributed by atoms with E-state index in [4.69, 9.17) is 4.74 Å². The van der Waals surface area contributed by atoms with Gasteiger partial charge in [-0.3, -0.25) is 0 Å². The molecule has 0 aromatic carbocycles. The summed E-state index contributed by atoms with van der Waals surface area (Å²) < 4.78 is 7.63. The van der Waals surface area contributed by atoms with Crippen LogP contribution in [-0.2, 0) is 4.74 Å². The fourth-order valence-corrected chi connectivity index (χ4v) is 1.85. The monoisotopic (exact) mass is 298 g/mol. The topological polar surface area (TPSA) is 51.2 Å². The zero-order chi connectivity index (χ0) is 8.97. The summed E-state index contributed by atoms with van der Waals surface area (Å²) in [7, 11) is 0. The van der Waals surface area contributed by atoms with Gasteiger partial charge in [0.25, 0.3) is 0 Å². The molecule has 6 heteroatoms. The first-order chi connectivity index (χ1) is 5.79. The van der Waals surface area contributed by atoms with Crippen molar-refractivity contribution in [2.24, 2.45) is 0 Å². The van der Waals surface area contributed by atoms with Gasteiger partial charge in [-0.1, -0.05) is 0 Å². The summed E-state index contributed by atoms with van der Waals surface area (Å²) in [5, 5.41) is 0.731. The van der Waals surface area contributed by atoms with Crippen LogP contribution in [0.5, 0.6) is 0 Å². The van der Waals surface area contributed by atoms with Crippen LogP contribution in [0.25, 0.3) is 0 Å². The normalized spacial score (nSPS) is 9.50. The van der Waals surface area contributed by atoms with Crippen LogP contribution < -0.4 is 3.53 Å². The number of thiazole rings is 1. The lowest BCUT2D eigenvalue weighted by Crippen LogP contribution is -2.06.